The Morgan fingerprint density at radius 1 is 0.698 bits per heavy atom. The molecule has 2 N–H and O–H groups in total. The van der Waals surface area contributed by atoms with Crippen LogP contribution in [0.5, 0.6) is 0 Å². The minimum absolute atomic E-state index is 0.0269. The average Bonchev–Trinajstić information content (AvgIpc) is 3.33. The van der Waals surface area contributed by atoms with E-state index in [0.717, 1.165) is 13.8 Å². The van der Waals surface area contributed by atoms with E-state index in [9.17, 15) is 34.2 Å². The number of aliphatic hydroxyl groups is 2. The molecule has 1 aliphatic heterocycles. The first-order valence-corrected chi connectivity index (χ1v) is 17.7. The number of rotatable bonds is 8. The predicted octanol–water partition coefficient (Wildman–Crippen LogP) is 3.73. The highest BCUT2D eigenvalue weighted by Gasteiger charge is 2.88. The van der Waals surface area contributed by atoms with Crippen LogP contribution in [0, 0.1) is 23.7 Å². The number of carbonyl (C=O) groups is 5. The second kappa shape index (κ2) is 13.4. The summed E-state index contributed by atoms with van der Waals surface area (Å²) < 4.78 is 37.4. The van der Waals surface area contributed by atoms with E-state index in [1.165, 1.54) is 32.9 Å². The monoisotopic (exact) mass is 734 g/mol. The summed E-state index contributed by atoms with van der Waals surface area (Å²) in [4.78, 5) is 66.5. The Morgan fingerprint density at radius 2 is 1.17 bits per heavy atom. The lowest BCUT2D eigenvalue weighted by Crippen LogP contribution is -2.80. The van der Waals surface area contributed by atoms with Crippen molar-refractivity contribution in [3.8, 4) is 0 Å². The topological polar surface area (TPSA) is 181 Å². The molecule has 1 saturated heterocycles. The molecule has 4 fully saturated rings. The van der Waals surface area contributed by atoms with E-state index in [-0.39, 0.29) is 23.1 Å². The largest absolute Gasteiger partial charge is 0.459 e. The van der Waals surface area contributed by atoms with E-state index in [0.29, 0.717) is 0 Å². The zero-order valence-electron chi connectivity index (χ0n) is 30.8. The third-order valence-electron chi connectivity index (χ3n) is 11.8. The van der Waals surface area contributed by atoms with Crippen LogP contribution in [0.3, 0.4) is 0 Å². The second-order valence-corrected chi connectivity index (χ2v) is 15.1. The average molecular weight is 735 g/mol. The highest BCUT2D eigenvalue weighted by Crippen LogP contribution is 2.71. The molecule has 0 aromatic heterocycles. The number of hydrogen-bond donors (Lipinski definition) is 2. The van der Waals surface area contributed by atoms with E-state index < -0.39 is 106 Å². The molecular formula is C40H46O13. The smallest absolute Gasteiger partial charge is 0.338 e. The maximum Gasteiger partial charge on any atom is 0.338 e. The van der Waals surface area contributed by atoms with Gasteiger partial charge in [0.1, 0.15) is 30.0 Å². The summed E-state index contributed by atoms with van der Waals surface area (Å²) in [6, 6.07) is 16.2. The first-order chi connectivity index (χ1) is 24.8. The molecule has 4 aliphatic rings. The van der Waals surface area contributed by atoms with Gasteiger partial charge in [0.05, 0.1) is 22.6 Å². The Balaban J connectivity index is 1.66. The van der Waals surface area contributed by atoms with Crippen LogP contribution in [0.25, 0.3) is 0 Å². The number of benzene rings is 2. The van der Waals surface area contributed by atoms with Crippen LogP contribution in [-0.4, -0.2) is 93.0 Å². The quantitative estimate of drug-likeness (QED) is 0.228. The highest BCUT2D eigenvalue weighted by molar-refractivity contribution is 5.90. The molecule has 13 atom stereocenters. The van der Waals surface area contributed by atoms with Crippen molar-refractivity contribution in [2.75, 3.05) is 0 Å². The van der Waals surface area contributed by atoms with Gasteiger partial charge in [0.2, 0.25) is 0 Å². The van der Waals surface area contributed by atoms with Crippen molar-refractivity contribution >= 4 is 29.8 Å². The van der Waals surface area contributed by atoms with Crippen LogP contribution in [0.1, 0.15) is 75.6 Å². The Kier molecular flexibility index (Phi) is 9.62. The molecule has 0 radical (unpaired) electrons. The summed E-state index contributed by atoms with van der Waals surface area (Å²) in [5.41, 5.74) is -7.80. The molecule has 3 saturated carbocycles. The molecule has 0 unspecified atom stereocenters. The van der Waals surface area contributed by atoms with Crippen molar-refractivity contribution in [2.45, 2.75) is 108 Å². The molecule has 284 valence electrons. The van der Waals surface area contributed by atoms with Crippen molar-refractivity contribution in [3.05, 3.63) is 83.9 Å². The number of fused-ring (bicyclic) bond motifs is 3. The van der Waals surface area contributed by atoms with Crippen LogP contribution in [0.15, 0.2) is 72.8 Å². The number of hydrogen-bond acceptors (Lipinski definition) is 13. The van der Waals surface area contributed by atoms with Gasteiger partial charge in [-0.3, -0.25) is 14.4 Å². The molecule has 1 spiro atoms. The molecule has 1 heterocycles. The lowest BCUT2D eigenvalue weighted by molar-refractivity contribution is -0.388. The Bertz CT molecular complexity index is 1810. The Labute approximate surface area is 307 Å². The molecule has 3 aliphatic carbocycles. The van der Waals surface area contributed by atoms with Gasteiger partial charge in [0.25, 0.3) is 0 Å². The molecule has 2 bridgehead atoms. The first-order valence-electron chi connectivity index (χ1n) is 17.7. The molecule has 2 aromatic rings. The number of esters is 5. The summed E-state index contributed by atoms with van der Waals surface area (Å²) in [5.74, 6) is -8.35. The second-order valence-electron chi connectivity index (χ2n) is 15.1. The molecule has 2 aromatic carbocycles. The third kappa shape index (κ3) is 5.66. The van der Waals surface area contributed by atoms with E-state index in [1.807, 2.05) is 0 Å². The first kappa shape index (κ1) is 38.1. The third-order valence-corrected chi connectivity index (χ3v) is 11.8. The summed E-state index contributed by atoms with van der Waals surface area (Å²) in [7, 11) is 0. The van der Waals surface area contributed by atoms with Gasteiger partial charge in [-0.15, -0.1) is 0 Å². The predicted molar refractivity (Wildman–Crippen MR) is 185 cm³/mol. The van der Waals surface area contributed by atoms with E-state index in [1.54, 1.807) is 62.4 Å². The fourth-order valence-electron chi connectivity index (χ4n) is 9.82. The fourth-order valence-corrected chi connectivity index (χ4v) is 9.82. The number of ether oxygens (including phenoxy) is 6. The van der Waals surface area contributed by atoms with Crippen LogP contribution in [0.2, 0.25) is 0 Å². The molecule has 6 rings (SSSR count). The normalized spacial score (nSPS) is 39.5. The van der Waals surface area contributed by atoms with E-state index in [2.05, 4.69) is 6.58 Å². The zero-order chi connectivity index (χ0) is 38.8. The van der Waals surface area contributed by atoms with E-state index in [4.69, 9.17) is 28.4 Å². The van der Waals surface area contributed by atoms with Gasteiger partial charge in [-0.05, 0) is 56.0 Å². The Hall–Kier alpha value is -4.59. The van der Waals surface area contributed by atoms with Crippen molar-refractivity contribution in [2.24, 2.45) is 23.7 Å². The molecular weight excluding hydrogens is 688 g/mol. The lowest BCUT2D eigenvalue weighted by Gasteiger charge is -2.62. The summed E-state index contributed by atoms with van der Waals surface area (Å²) in [5, 5.41) is 26.5. The van der Waals surface area contributed by atoms with Crippen LogP contribution in [0.4, 0.5) is 0 Å². The van der Waals surface area contributed by atoms with Gasteiger partial charge in [0, 0.05) is 32.6 Å². The summed E-state index contributed by atoms with van der Waals surface area (Å²) in [6.45, 7) is 13.8. The molecule has 13 nitrogen and oxygen atoms in total. The molecule has 13 heteroatoms. The van der Waals surface area contributed by atoms with Crippen LogP contribution < -0.4 is 0 Å². The summed E-state index contributed by atoms with van der Waals surface area (Å²) >= 11 is 0. The maximum atomic E-state index is 14.1. The standard InChI is InChI=1S/C40H46O13/c1-20(2)38(46)31(49-24(6)42)22(4)39(47)28-19-21(3)30(48-23(5)41)40(28)36(52-35(45)27-17-13-10-14-18-27)37(8,53-40)32(29(39)33(38)50-25(7)43)51-34(44)26-15-11-9-12-16-26/h9-18,21-22,28-33,36,46-47H,1,19H2,2-8H3/t21-,22+,28-,29-,30-,31-,32-,33+,36+,37+,38-,39-,40+/m0/s1. The van der Waals surface area contributed by atoms with Gasteiger partial charge in [0.15, 0.2) is 17.3 Å². The van der Waals surface area contributed by atoms with Gasteiger partial charge in [-0.1, -0.05) is 56.8 Å². The van der Waals surface area contributed by atoms with Gasteiger partial charge >= 0.3 is 29.8 Å². The van der Waals surface area contributed by atoms with Gasteiger partial charge in [-0.25, -0.2) is 9.59 Å². The maximum absolute atomic E-state index is 14.1. The fraction of sp³-hybridized carbons (Fsp3) is 0.525. The van der Waals surface area contributed by atoms with E-state index >= 15 is 0 Å². The zero-order valence-corrected chi connectivity index (χ0v) is 30.8. The van der Waals surface area contributed by atoms with Crippen molar-refractivity contribution in [3.63, 3.8) is 0 Å². The SMILES string of the molecule is C=C(C)[C@@]1(O)[C@H](OC(C)=O)[C@@H]2[C@H](OC(=O)c3ccccc3)[C@@]3(C)O[C@@]4([C@@H]3OC(=O)c3ccccc3)[C@@H](OC(C)=O)[C@@H](C)C[C@H]4[C@@]2(O)[C@H](C)[C@@H]1OC(C)=O. The van der Waals surface area contributed by atoms with Crippen molar-refractivity contribution in [1.29, 1.82) is 0 Å². The van der Waals surface area contributed by atoms with Crippen molar-refractivity contribution in [1.82, 2.24) is 0 Å². The molecule has 53 heavy (non-hydrogen) atoms. The minimum Gasteiger partial charge on any atom is -0.459 e. The van der Waals surface area contributed by atoms with Gasteiger partial charge in [-0.2, -0.15) is 0 Å². The van der Waals surface area contributed by atoms with Crippen LogP contribution >= 0.6 is 0 Å². The van der Waals surface area contributed by atoms with Crippen molar-refractivity contribution < 1.29 is 62.6 Å². The summed E-state index contributed by atoms with van der Waals surface area (Å²) in [6.07, 6.45) is -7.35. The minimum atomic E-state index is -2.35. The molecule has 0 amide bonds. The lowest BCUT2D eigenvalue weighted by atomic mass is 9.52. The Morgan fingerprint density at radius 3 is 1.66 bits per heavy atom. The van der Waals surface area contributed by atoms with Gasteiger partial charge < -0.3 is 38.6 Å². The number of carbonyl (C=O) groups excluding carboxylic acids is 5. The van der Waals surface area contributed by atoms with Crippen LogP contribution in [-0.2, 0) is 42.8 Å². The highest BCUT2D eigenvalue weighted by atomic mass is 16.7.